The fourth-order valence-corrected chi connectivity index (χ4v) is 6.88. The number of phenolic OH excluding ortho intramolecular Hbond substituents is 1. The number of fused-ring (bicyclic) bond motifs is 4. The van der Waals surface area contributed by atoms with E-state index >= 15 is 0 Å². The highest BCUT2D eigenvalue weighted by atomic mass is 16.8. The molecule has 1 aliphatic carbocycles. The Morgan fingerprint density at radius 3 is 2.26 bits per heavy atom. The van der Waals surface area contributed by atoms with Gasteiger partial charge in [0.1, 0.15) is 24.4 Å². The molecule has 0 unspecified atom stereocenters. The molecule has 2 aromatic rings. The Morgan fingerprint density at radius 2 is 1.58 bits per heavy atom. The number of aliphatic hydroxyl groups is 2. The largest absolute Gasteiger partial charge is 0.502 e. The second-order valence-electron chi connectivity index (χ2n) is 11.8. The number of methoxy groups -OCH3 is 2. The quantitative estimate of drug-likeness (QED) is 0.425. The van der Waals surface area contributed by atoms with Gasteiger partial charge in [0, 0.05) is 11.8 Å². The van der Waals surface area contributed by atoms with Crippen LogP contribution in [0.4, 0.5) is 0 Å². The van der Waals surface area contributed by atoms with E-state index in [-0.39, 0.29) is 37.3 Å². The Balaban J connectivity index is 1.31. The molecule has 43 heavy (non-hydrogen) atoms. The standard InChI is InChI=1S/C30H34O13/c1-30(2)40-10-20-27(43-30)24(32)25(33)29(41-20)42-26-14-8-17-16(38-11-39-17)7-13(14)21(15-9-37-28(34)22(15)26)12-5-18(35-3)23(31)19(6-12)36-4/h5-8,15,20-22,24-27,29,31-33H,9-11H2,1-4H3/t15-,20-,21-,22+,24-,25-,26-,27-,29+/m1/s1. The number of ether oxygens (including phenoxy) is 9. The zero-order chi connectivity index (χ0) is 30.2. The molecule has 9 atom stereocenters. The van der Waals surface area contributed by atoms with Gasteiger partial charge in [-0.1, -0.05) is 0 Å². The van der Waals surface area contributed by atoms with E-state index in [1.165, 1.54) is 14.2 Å². The van der Waals surface area contributed by atoms with Gasteiger partial charge in [-0.3, -0.25) is 4.79 Å². The fraction of sp³-hybridized carbons (Fsp3) is 0.567. The summed E-state index contributed by atoms with van der Waals surface area (Å²) in [6.07, 6.45) is -6.61. The molecular formula is C30H34O13. The van der Waals surface area contributed by atoms with Gasteiger partial charge in [0.25, 0.3) is 0 Å². The first-order valence-electron chi connectivity index (χ1n) is 14.1. The SMILES string of the molecule is COc1cc([C@@H]2c3cc4c(cc3[C@@H](O[C@@H]3O[C@@H]5COC(C)(C)O[C@H]5[C@H](O)[C@H]3O)[C@H]3C(=O)OC[C@H]23)OCO4)cc(OC)c1O. The maximum absolute atomic E-state index is 13.4. The van der Waals surface area contributed by atoms with Crippen LogP contribution in [0.15, 0.2) is 24.3 Å². The van der Waals surface area contributed by atoms with Crippen molar-refractivity contribution in [2.45, 2.75) is 62.4 Å². The second kappa shape index (κ2) is 10.4. The molecule has 0 aromatic heterocycles. The Labute approximate surface area is 247 Å². The molecular weight excluding hydrogens is 568 g/mol. The predicted molar refractivity (Wildman–Crippen MR) is 143 cm³/mol. The van der Waals surface area contributed by atoms with Crippen LogP contribution in [0.2, 0.25) is 0 Å². The van der Waals surface area contributed by atoms with E-state index in [0.717, 1.165) is 5.56 Å². The van der Waals surface area contributed by atoms with Crippen LogP contribution in [-0.2, 0) is 28.5 Å². The fourth-order valence-electron chi connectivity index (χ4n) is 6.88. The molecule has 4 aliphatic heterocycles. The van der Waals surface area contributed by atoms with E-state index < -0.39 is 66.3 Å². The smallest absolute Gasteiger partial charge is 0.312 e. The van der Waals surface area contributed by atoms with E-state index in [1.54, 1.807) is 32.0 Å². The van der Waals surface area contributed by atoms with Crippen molar-refractivity contribution in [2.75, 3.05) is 34.2 Å². The van der Waals surface area contributed by atoms with Crippen molar-refractivity contribution < 1.29 is 62.7 Å². The Kier molecular flexibility index (Phi) is 6.87. The summed E-state index contributed by atoms with van der Waals surface area (Å²) in [6, 6.07) is 7.01. The number of aliphatic hydroxyl groups excluding tert-OH is 2. The molecule has 13 nitrogen and oxygen atoms in total. The lowest BCUT2D eigenvalue weighted by atomic mass is 9.66. The molecule has 4 heterocycles. The molecule has 232 valence electrons. The molecule has 0 saturated carbocycles. The third-order valence-electron chi connectivity index (χ3n) is 8.92. The maximum Gasteiger partial charge on any atom is 0.312 e. The summed E-state index contributed by atoms with van der Waals surface area (Å²) in [5, 5.41) is 32.7. The highest BCUT2D eigenvalue weighted by Crippen LogP contribution is 2.57. The number of cyclic esters (lactones) is 1. The van der Waals surface area contributed by atoms with Crippen LogP contribution >= 0.6 is 0 Å². The first-order chi connectivity index (χ1) is 20.6. The van der Waals surface area contributed by atoms with E-state index in [1.807, 2.05) is 6.07 Å². The van der Waals surface area contributed by atoms with Crippen molar-refractivity contribution in [3.05, 3.63) is 41.0 Å². The summed E-state index contributed by atoms with van der Waals surface area (Å²) in [6.45, 7) is 3.67. The van der Waals surface area contributed by atoms with Gasteiger partial charge < -0.3 is 58.0 Å². The number of esters is 1. The van der Waals surface area contributed by atoms with Gasteiger partial charge in [0.2, 0.25) is 12.5 Å². The number of aromatic hydroxyl groups is 1. The number of benzene rings is 2. The molecule has 3 fully saturated rings. The normalized spacial score (nSPS) is 35.4. The minimum absolute atomic E-state index is 0.0280. The second-order valence-corrected chi connectivity index (χ2v) is 11.8. The molecule has 5 aliphatic rings. The summed E-state index contributed by atoms with van der Waals surface area (Å²) < 4.78 is 52.0. The molecule has 3 saturated heterocycles. The predicted octanol–water partition coefficient (Wildman–Crippen LogP) is 1.73. The number of hydrogen-bond acceptors (Lipinski definition) is 13. The van der Waals surface area contributed by atoms with E-state index in [0.29, 0.717) is 22.6 Å². The molecule has 0 amide bonds. The van der Waals surface area contributed by atoms with Crippen molar-refractivity contribution in [1.82, 2.24) is 0 Å². The summed E-state index contributed by atoms with van der Waals surface area (Å²) in [5.41, 5.74) is 2.08. The van der Waals surface area contributed by atoms with Gasteiger partial charge in [-0.15, -0.1) is 0 Å². The van der Waals surface area contributed by atoms with Gasteiger partial charge in [0.05, 0.1) is 39.5 Å². The molecule has 0 bridgehead atoms. The highest BCUT2D eigenvalue weighted by Gasteiger charge is 2.56. The Morgan fingerprint density at radius 1 is 0.907 bits per heavy atom. The van der Waals surface area contributed by atoms with Crippen molar-refractivity contribution >= 4 is 5.97 Å². The zero-order valence-electron chi connectivity index (χ0n) is 24.1. The van der Waals surface area contributed by atoms with Crippen LogP contribution < -0.4 is 18.9 Å². The lowest BCUT2D eigenvalue weighted by molar-refractivity contribution is -0.387. The van der Waals surface area contributed by atoms with Crippen molar-refractivity contribution in [3.63, 3.8) is 0 Å². The van der Waals surface area contributed by atoms with Crippen LogP contribution in [0.3, 0.4) is 0 Å². The number of rotatable bonds is 5. The number of carbonyl (C=O) groups is 1. The minimum atomic E-state index is -1.48. The van der Waals surface area contributed by atoms with Crippen molar-refractivity contribution in [1.29, 1.82) is 0 Å². The lowest BCUT2D eigenvalue weighted by Crippen LogP contribution is -2.65. The van der Waals surface area contributed by atoms with Crippen molar-refractivity contribution in [2.24, 2.45) is 11.8 Å². The molecule has 0 radical (unpaired) electrons. The first kappa shape index (κ1) is 28.4. The summed E-state index contributed by atoms with van der Waals surface area (Å²) >= 11 is 0. The Bertz CT molecular complexity index is 1400. The van der Waals surface area contributed by atoms with Crippen LogP contribution in [0, 0.1) is 11.8 Å². The van der Waals surface area contributed by atoms with Crippen LogP contribution in [-0.4, -0.2) is 92.0 Å². The Hall–Kier alpha value is -3.33. The number of carbonyl (C=O) groups excluding carboxylic acids is 1. The average Bonchev–Trinajstić information content (AvgIpc) is 3.61. The summed E-state index contributed by atoms with van der Waals surface area (Å²) in [7, 11) is 2.88. The monoisotopic (exact) mass is 602 g/mol. The lowest BCUT2D eigenvalue weighted by Gasteiger charge is -2.49. The topological polar surface area (TPSA) is 161 Å². The zero-order valence-corrected chi connectivity index (χ0v) is 24.1. The molecule has 2 aromatic carbocycles. The van der Waals surface area contributed by atoms with Crippen LogP contribution in [0.5, 0.6) is 28.7 Å². The average molecular weight is 603 g/mol. The van der Waals surface area contributed by atoms with Crippen LogP contribution in [0.1, 0.15) is 42.6 Å². The third kappa shape index (κ3) is 4.57. The maximum atomic E-state index is 13.4. The van der Waals surface area contributed by atoms with E-state index in [9.17, 15) is 20.1 Å². The number of hydrogen-bond donors (Lipinski definition) is 3. The first-order valence-corrected chi connectivity index (χ1v) is 14.1. The summed E-state index contributed by atoms with van der Waals surface area (Å²) in [4.78, 5) is 13.4. The van der Waals surface area contributed by atoms with E-state index in [4.69, 9.17) is 42.6 Å². The van der Waals surface area contributed by atoms with Gasteiger partial charge in [-0.05, 0) is 54.8 Å². The molecule has 3 N–H and O–H groups in total. The van der Waals surface area contributed by atoms with Crippen molar-refractivity contribution in [3.8, 4) is 28.7 Å². The van der Waals surface area contributed by atoms with Gasteiger partial charge >= 0.3 is 5.97 Å². The molecule has 7 rings (SSSR count). The van der Waals surface area contributed by atoms with Gasteiger partial charge in [0.15, 0.2) is 35.1 Å². The van der Waals surface area contributed by atoms with E-state index in [2.05, 4.69) is 0 Å². The van der Waals surface area contributed by atoms with Crippen LogP contribution in [0.25, 0.3) is 0 Å². The van der Waals surface area contributed by atoms with Gasteiger partial charge in [-0.2, -0.15) is 0 Å². The molecule has 0 spiro atoms. The highest BCUT2D eigenvalue weighted by molar-refractivity contribution is 5.78. The third-order valence-corrected chi connectivity index (χ3v) is 8.92. The minimum Gasteiger partial charge on any atom is -0.502 e. The summed E-state index contributed by atoms with van der Waals surface area (Å²) in [5.74, 6) is -1.84. The number of phenols is 1. The van der Waals surface area contributed by atoms with Gasteiger partial charge in [-0.25, -0.2) is 0 Å². The molecule has 13 heteroatoms.